The van der Waals surface area contributed by atoms with Gasteiger partial charge in [-0.3, -0.25) is 0 Å². The van der Waals surface area contributed by atoms with E-state index in [9.17, 15) is 25.2 Å². The maximum atomic E-state index is 10.1. The van der Waals surface area contributed by atoms with Gasteiger partial charge in [0.1, 0.15) is 126 Å². The third-order valence-electron chi connectivity index (χ3n) is 13.7. The molecule has 0 saturated heterocycles. The molecule has 12 aromatic rings. The van der Waals surface area contributed by atoms with Crippen LogP contribution in [0.1, 0.15) is 83.1 Å². The third-order valence-corrected chi connectivity index (χ3v) is 13.7. The SMILES string of the molecule is CC[n+]1ccccc1.CC[n+]1ccccc1.CC[n+]1ccccc1.CC[n+]1ccccc1.CC[n+]1ccccc1.CC[n+]1ccccc1.CC[n+]1ccccc1.CC[n+]1ccccc1.CC[n+]1ccccc1.CC[n+]1ccccc1.CC[n+]1ccccc1.CC[n+]1ccccc1.O=P([O-])([O-])F.O=P([O-])([O-])F.O=P([O-])([O-])F.O=P([O-])([O-])F.O=P([O-])([O-])F.O=P([O-])([O-])F. The zero-order chi connectivity index (χ0) is 96.8. The summed E-state index contributed by atoms with van der Waals surface area (Å²) < 4.78 is 137. The summed E-state index contributed by atoms with van der Waals surface area (Å²) in [7, 11) is -33.8. The van der Waals surface area contributed by atoms with Gasteiger partial charge in [-0.15, -0.1) is 0 Å². The Morgan fingerprint density at radius 2 is 0.175 bits per heavy atom. The smallest absolute Gasteiger partial charge is 0.168 e. The molecular formula is C84H120F6N12O18P6. The van der Waals surface area contributed by atoms with Gasteiger partial charge in [-0.05, 0) is 83.1 Å². The predicted molar refractivity (Wildman–Crippen MR) is 440 cm³/mol. The molecule has 0 fully saturated rings. The molecule has 0 bridgehead atoms. The van der Waals surface area contributed by atoms with Gasteiger partial charge < -0.3 is 86.1 Å². The number of aromatic nitrogens is 12. The maximum Gasteiger partial charge on any atom is 0.168 e. The first-order valence-corrected chi connectivity index (χ1v) is 47.4. The highest BCUT2D eigenvalue weighted by Gasteiger charge is 1.95. The topological polar surface area (TPSA) is 426 Å². The molecule has 696 valence electrons. The van der Waals surface area contributed by atoms with Gasteiger partial charge in [0.05, 0.1) is 0 Å². The van der Waals surface area contributed by atoms with Gasteiger partial charge in [0, 0.05) is 146 Å². The molecule has 12 aromatic heterocycles. The van der Waals surface area contributed by atoms with Gasteiger partial charge in [-0.25, -0.2) is 80.0 Å². The summed E-state index contributed by atoms with van der Waals surface area (Å²) in [4.78, 5) is 101. The van der Waals surface area contributed by atoms with Gasteiger partial charge in [0.15, 0.2) is 149 Å². The first-order chi connectivity index (χ1) is 59.2. The lowest BCUT2D eigenvalue weighted by Gasteiger charge is -2.15. The molecule has 0 amide bonds. The van der Waals surface area contributed by atoms with Gasteiger partial charge in [-0.2, -0.15) is 0 Å². The molecule has 12 rings (SSSR count). The minimum atomic E-state index is -5.64. The van der Waals surface area contributed by atoms with Gasteiger partial charge >= 0.3 is 0 Å². The molecule has 0 radical (unpaired) electrons. The van der Waals surface area contributed by atoms with Crippen molar-refractivity contribution in [3.8, 4) is 0 Å². The molecule has 0 spiro atoms. The Labute approximate surface area is 738 Å². The molecule has 0 unspecified atom stereocenters. The maximum absolute atomic E-state index is 10.1. The molecule has 126 heavy (non-hydrogen) atoms. The molecule has 0 aliphatic rings. The van der Waals surface area contributed by atoms with Crippen LogP contribution in [-0.4, -0.2) is 0 Å². The lowest BCUT2D eigenvalue weighted by Crippen LogP contribution is -2.30. The number of aryl methyl sites for hydroxylation is 12. The average molecular weight is 1890 g/mol. The Balaban J connectivity index is -0.000000304. The minimum absolute atomic E-state index is 1.06. The number of pyridine rings is 12. The van der Waals surface area contributed by atoms with E-state index in [0.717, 1.165) is 78.5 Å². The van der Waals surface area contributed by atoms with E-state index >= 15 is 0 Å². The van der Waals surface area contributed by atoms with Crippen molar-refractivity contribution in [1.82, 2.24) is 0 Å². The van der Waals surface area contributed by atoms with Crippen LogP contribution in [0, 0.1) is 0 Å². The van der Waals surface area contributed by atoms with Crippen LogP contribution in [-0.2, 0) is 106 Å². The van der Waals surface area contributed by atoms with Crippen molar-refractivity contribution >= 4 is 47.4 Å². The fraction of sp³-hybridized carbons (Fsp3) is 0.286. The Bertz CT molecular complexity index is 3600. The molecular weight excluding hydrogens is 1760 g/mol. The standard InChI is InChI=1S/12C7H10N.6FH2O3P/c12*1-2-8-6-4-3-5-7-8;6*1-5(2,3)4/h12*3-7H,2H2,1H3;6*(H2,2,3,4)/q12*+1;;;;;;/p-12. The summed E-state index contributed by atoms with van der Waals surface area (Å²) in [6, 6.07) is 73.0. The van der Waals surface area contributed by atoms with Crippen LogP contribution in [0.3, 0.4) is 0 Å². The van der Waals surface area contributed by atoms with Crippen LogP contribution < -0.4 is 114 Å². The Morgan fingerprint density at radius 1 is 0.135 bits per heavy atom. The second-order valence-electron chi connectivity index (χ2n) is 23.1. The Kier molecular flexibility index (Phi) is 84.2. The predicted octanol–water partition coefficient (Wildman–Crippen LogP) is 4.64. The minimum Gasteiger partial charge on any atom is -0.786 e. The van der Waals surface area contributed by atoms with E-state index in [1.807, 2.05) is 218 Å². The van der Waals surface area contributed by atoms with Crippen molar-refractivity contribution in [2.75, 3.05) is 0 Å². The highest BCUT2D eigenvalue weighted by atomic mass is 31.2. The van der Waals surface area contributed by atoms with Crippen LogP contribution in [0.15, 0.2) is 367 Å². The molecule has 0 N–H and O–H groups in total. The first kappa shape index (κ1) is 127. The van der Waals surface area contributed by atoms with Crippen molar-refractivity contribution in [2.45, 2.75) is 162 Å². The number of hydrogen-bond donors (Lipinski definition) is 0. The first-order valence-electron chi connectivity index (χ1n) is 38.8. The zero-order valence-corrected chi connectivity index (χ0v) is 78.2. The largest absolute Gasteiger partial charge is 0.786 e. The van der Waals surface area contributed by atoms with Crippen LogP contribution in [0.4, 0.5) is 25.2 Å². The van der Waals surface area contributed by atoms with E-state index in [0.29, 0.717) is 0 Å². The fourth-order valence-corrected chi connectivity index (χ4v) is 7.74. The number of halogens is 6. The van der Waals surface area contributed by atoms with E-state index in [1.54, 1.807) is 0 Å². The molecule has 12 heterocycles. The summed E-state index contributed by atoms with van der Waals surface area (Å²) in [5.74, 6) is 0. The summed E-state index contributed by atoms with van der Waals surface area (Å²) in [5, 5.41) is 0. The van der Waals surface area contributed by atoms with Crippen LogP contribution >= 0.6 is 47.4 Å². The summed E-state index contributed by atoms with van der Waals surface area (Å²) >= 11 is 0. The highest BCUT2D eigenvalue weighted by Crippen LogP contribution is 2.24. The molecule has 42 heteroatoms. The molecule has 0 atom stereocenters. The third kappa shape index (κ3) is 121. The number of hydrogen-bond acceptors (Lipinski definition) is 18. The highest BCUT2D eigenvalue weighted by molar-refractivity contribution is 7.43. The van der Waals surface area contributed by atoms with Crippen LogP contribution in [0.5, 0.6) is 0 Å². The van der Waals surface area contributed by atoms with E-state index in [-0.39, 0.29) is 0 Å². The molecule has 0 aliphatic carbocycles. The van der Waals surface area contributed by atoms with Gasteiger partial charge in [0.2, 0.25) is 0 Å². The Hall–Kier alpha value is -9.72. The normalized spacial score (nSPS) is 9.76. The van der Waals surface area contributed by atoms with Gasteiger partial charge in [0.25, 0.3) is 0 Å². The monoisotopic (exact) mass is 1880 g/mol. The zero-order valence-electron chi connectivity index (χ0n) is 72.8. The van der Waals surface area contributed by atoms with E-state index in [2.05, 4.69) is 287 Å². The Morgan fingerprint density at radius 3 is 0.198 bits per heavy atom. The average Bonchev–Trinajstić information content (AvgIpc) is 1.03. The summed E-state index contributed by atoms with van der Waals surface area (Å²) in [6.45, 7) is 38.2. The van der Waals surface area contributed by atoms with Crippen molar-refractivity contribution < 1.29 is 166 Å². The van der Waals surface area contributed by atoms with Gasteiger partial charge in [-0.1, -0.05) is 72.8 Å². The number of nitrogens with zero attached hydrogens (tertiary/aromatic N) is 12. The van der Waals surface area contributed by atoms with Crippen molar-refractivity contribution in [2.24, 2.45) is 0 Å². The van der Waals surface area contributed by atoms with E-state index in [1.165, 1.54) is 0 Å². The fourth-order valence-electron chi connectivity index (χ4n) is 7.74. The lowest BCUT2D eigenvalue weighted by atomic mass is 10.5. The van der Waals surface area contributed by atoms with E-state index < -0.39 is 47.4 Å². The molecule has 0 aliphatic heterocycles. The van der Waals surface area contributed by atoms with E-state index in [4.69, 9.17) is 86.1 Å². The molecule has 30 nitrogen and oxygen atoms in total. The van der Waals surface area contributed by atoms with Crippen LogP contribution in [0.2, 0.25) is 0 Å². The quantitative estimate of drug-likeness (QED) is 0.0913. The van der Waals surface area contributed by atoms with Crippen molar-refractivity contribution in [3.63, 3.8) is 0 Å². The van der Waals surface area contributed by atoms with Crippen molar-refractivity contribution in [1.29, 1.82) is 0 Å². The number of rotatable bonds is 12. The lowest BCUT2D eigenvalue weighted by molar-refractivity contribution is -0.693. The molecule has 0 aromatic carbocycles. The second-order valence-corrected chi connectivity index (χ2v) is 28.2. The summed E-state index contributed by atoms with van der Waals surface area (Å²) in [6.07, 6.45) is 49.3. The summed E-state index contributed by atoms with van der Waals surface area (Å²) in [5.41, 5.74) is 0. The second kappa shape index (κ2) is 83.5. The molecule has 0 saturated carbocycles. The van der Waals surface area contributed by atoms with Crippen LogP contribution in [0.25, 0.3) is 0 Å². The van der Waals surface area contributed by atoms with Crippen molar-refractivity contribution in [3.05, 3.63) is 367 Å².